The van der Waals surface area contributed by atoms with E-state index in [2.05, 4.69) is 259 Å². The number of ether oxygens (including phenoxy) is 1. The van der Waals surface area contributed by atoms with Crippen LogP contribution in [0.1, 0.15) is 88.7 Å². The third-order valence-corrected chi connectivity index (χ3v) is 15.5. The molecule has 0 spiro atoms. The molecule has 0 bridgehead atoms. The molecule has 0 saturated heterocycles. The summed E-state index contributed by atoms with van der Waals surface area (Å²) in [6.07, 6.45) is 1.90. The van der Waals surface area contributed by atoms with Crippen LogP contribution in [-0.2, 0) is 16.2 Å². The Kier molecular flexibility index (Phi) is 11.6. The van der Waals surface area contributed by atoms with Gasteiger partial charge in [0.1, 0.15) is 24.0 Å². The van der Waals surface area contributed by atoms with E-state index in [-0.39, 0.29) is 16.2 Å². The first-order chi connectivity index (χ1) is 38.7. The average Bonchev–Trinajstić information content (AvgIpc) is 4.26. The van der Waals surface area contributed by atoms with Gasteiger partial charge in [-0.15, -0.1) is 0 Å². The minimum Gasteiger partial charge on any atom is -0.457 e. The van der Waals surface area contributed by atoms with Gasteiger partial charge in [-0.1, -0.05) is 220 Å². The Hall–Kier alpha value is -8.67. The summed E-state index contributed by atoms with van der Waals surface area (Å²) < 4.78 is 33.4. The van der Waals surface area contributed by atoms with E-state index in [0.29, 0.717) is 18.0 Å². The monoisotopic (exact) mass is 1020 g/mol. The van der Waals surface area contributed by atoms with Crippen molar-refractivity contribution in [1.29, 1.82) is 0 Å². The molecule has 3 heterocycles. The molecule has 12 rings (SSSR count). The van der Waals surface area contributed by atoms with Gasteiger partial charge >= 0.3 is 0 Å². The van der Waals surface area contributed by atoms with Gasteiger partial charge < -0.3 is 14.5 Å². The van der Waals surface area contributed by atoms with Gasteiger partial charge in [0, 0.05) is 55.6 Å². The van der Waals surface area contributed by atoms with Crippen molar-refractivity contribution in [2.45, 2.75) is 85.4 Å². The number of anilines is 4. The summed E-state index contributed by atoms with van der Waals surface area (Å²) in [5.41, 5.74) is 18.9. The number of nitrogens with zero attached hydrogens (tertiary/aromatic N) is 4. The van der Waals surface area contributed by atoms with Gasteiger partial charge in [0.05, 0.1) is 28.1 Å². The van der Waals surface area contributed by atoms with Gasteiger partial charge in [0.2, 0.25) is 0 Å². The third kappa shape index (κ3) is 9.42. The number of rotatable bonds is 9. The standard InChI is InChI=1S/C73H68N4O/c1-48-19-15-21-53(41-48)63-46-74-69(45-64(63)73(8,9)10)77-65-28-12-11-25-61(65)62-40-39-58(44-68(62)77)78-57-24-17-23-56(43-57)75-47-76(67-30-14-13-29-66(67)75)70-59(26-18-27-60(70)51-35-37-54(38-36-51)71(2,3)4)50-33-31-49(32-34-50)52-20-16-22-55(42-52)72(5,6)7/h11-46H,47H2,1-10H3/i1D3. The molecule has 0 fully saturated rings. The van der Waals surface area contributed by atoms with Crippen LogP contribution in [0.2, 0.25) is 0 Å². The number of hydrogen-bond donors (Lipinski definition) is 0. The SMILES string of the molecule is [2H]C([2H])([2H])c1cccc(-c2cnc(-n3c4ccccc4c4ccc(Oc5cccc(N6CN(c7c(-c8ccc(-c9cccc(C(C)(C)C)c9)cc8)cccc7-c7ccc(C(C)(C)C)cc7)c7ccccc76)c5)cc43)cc2C(C)(C)C)c1. The summed E-state index contributed by atoms with van der Waals surface area (Å²) in [7, 11) is 0. The lowest BCUT2D eigenvalue weighted by Crippen LogP contribution is -2.25. The number of benzene rings is 9. The van der Waals surface area contributed by atoms with Gasteiger partial charge in [0.15, 0.2) is 0 Å². The minimum absolute atomic E-state index is 0.0274. The highest BCUT2D eigenvalue weighted by Gasteiger charge is 2.32. The van der Waals surface area contributed by atoms with Crippen LogP contribution in [0.5, 0.6) is 11.5 Å². The Morgan fingerprint density at radius 3 is 1.77 bits per heavy atom. The maximum absolute atomic E-state index is 8.11. The number of pyridine rings is 1. The van der Waals surface area contributed by atoms with Crippen LogP contribution in [-0.4, -0.2) is 16.2 Å². The molecular formula is C73H68N4O. The molecule has 5 nitrogen and oxygen atoms in total. The summed E-state index contributed by atoms with van der Waals surface area (Å²) >= 11 is 0. The summed E-state index contributed by atoms with van der Waals surface area (Å²) in [5, 5.41) is 2.19. The molecule has 5 heteroatoms. The molecule has 1 aliphatic heterocycles. The van der Waals surface area contributed by atoms with E-state index in [1.165, 1.54) is 27.8 Å². The zero-order valence-corrected chi connectivity index (χ0v) is 46.2. The molecule has 1 aliphatic rings. The van der Waals surface area contributed by atoms with Crippen molar-refractivity contribution in [2.24, 2.45) is 0 Å². The average molecular weight is 1020 g/mol. The third-order valence-electron chi connectivity index (χ3n) is 15.5. The van der Waals surface area contributed by atoms with Crippen LogP contribution in [0.15, 0.2) is 219 Å². The normalized spacial score (nSPS) is 13.6. The van der Waals surface area contributed by atoms with Crippen LogP contribution in [0.3, 0.4) is 0 Å². The van der Waals surface area contributed by atoms with Crippen LogP contribution in [0.4, 0.5) is 22.7 Å². The molecule has 0 N–H and O–H groups in total. The van der Waals surface area contributed by atoms with E-state index < -0.39 is 6.85 Å². The Morgan fingerprint density at radius 2 is 1.05 bits per heavy atom. The van der Waals surface area contributed by atoms with Crippen molar-refractivity contribution in [1.82, 2.24) is 9.55 Å². The minimum atomic E-state index is -2.22. The topological polar surface area (TPSA) is 33.5 Å². The number of hydrogen-bond acceptors (Lipinski definition) is 4. The lowest BCUT2D eigenvalue weighted by molar-refractivity contribution is 0.483. The van der Waals surface area contributed by atoms with E-state index in [1.807, 2.05) is 24.4 Å². The Morgan fingerprint density at radius 1 is 0.436 bits per heavy atom. The molecule has 11 aromatic rings. The molecule has 2 aromatic heterocycles. The van der Waals surface area contributed by atoms with E-state index in [1.54, 1.807) is 12.1 Å². The van der Waals surface area contributed by atoms with Crippen molar-refractivity contribution < 1.29 is 8.85 Å². The van der Waals surface area contributed by atoms with E-state index in [4.69, 9.17) is 13.8 Å². The van der Waals surface area contributed by atoms with Crippen molar-refractivity contribution in [2.75, 3.05) is 16.5 Å². The van der Waals surface area contributed by atoms with Crippen LogP contribution in [0.25, 0.3) is 72.1 Å². The Balaban J connectivity index is 0.908. The van der Waals surface area contributed by atoms with Gasteiger partial charge in [-0.25, -0.2) is 4.98 Å². The second-order valence-corrected chi connectivity index (χ2v) is 24.0. The molecule has 0 saturated carbocycles. The summed E-state index contributed by atoms with van der Waals surface area (Å²) in [6, 6.07) is 75.2. The lowest BCUT2D eigenvalue weighted by atomic mass is 9.82. The predicted molar refractivity (Wildman–Crippen MR) is 330 cm³/mol. The van der Waals surface area contributed by atoms with Crippen LogP contribution in [0, 0.1) is 6.85 Å². The van der Waals surface area contributed by atoms with Crippen LogP contribution >= 0.6 is 0 Å². The van der Waals surface area contributed by atoms with Gasteiger partial charge in [-0.05, 0) is 116 Å². The molecule has 0 atom stereocenters. The summed E-state index contributed by atoms with van der Waals surface area (Å²) in [6.45, 7) is 18.5. The molecule has 78 heavy (non-hydrogen) atoms. The first-order valence-corrected chi connectivity index (χ1v) is 27.2. The molecular weight excluding hydrogens is 949 g/mol. The van der Waals surface area contributed by atoms with Crippen molar-refractivity contribution in [3.63, 3.8) is 0 Å². The van der Waals surface area contributed by atoms with E-state index in [0.717, 1.165) is 89.5 Å². The summed E-state index contributed by atoms with van der Waals surface area (Å²) in [4.78, 5) is 10.0. The number of para-hydroxylation sites is 4. The fraction of sp³-hybridized carbons (Fsp3) is 0.192. The molecule has 0 radical (unpaired) electrons. The molecule has 386 valence electrons. The molecule has 0 amide bonds. The second-order valence-electron chi connectivity index (χ2n) is 24.0. The quantitative estimate of drug-likeness (QED) is 0.144. The first kappa shape index (κ1) is 46.6. The Bertz CT molecular complexity index is 4170. The fourth-order valence-corrected chi connectivity index (χ4v) is 11.3. The van der Waals surface area contributed by atoms with Crippen molar-refractivity contribution in [3.8, 4) is 61.8 Å². The predicted octanol–water partition coefficient (Wildman–Crippen LogP) is 20.1. The van der Waals surface area contributed by atoms with Crippen molar-refractivity contribution >= 4 is 44.6 Å². The molecule has 0 aliphatic carbocycles. The number of fused-ring (bicyclic) bond motifs is 4. The second kappa shape index (κ2) is 19.4. The summed E-state index contributed by atoms with van der Waals surface area (Å²) in [5.74, 6) is 2.18. The van der Waals surface area contributed by atoms with Gasteiger partial charge in [0.25, 0.3) is 0 Å². The zero-order chi connectivity index (χ0) is 56.6. The van der Waals surface area contributed by atoms with Crippen LogP contribution < -0.4 is 14.5 Å². The largest absolute Gasteiger partial charge is 0.457 e. The van der Waals surface area contributed by atoms with E-state index in [9.17, 15) is 0 Å². The van der Waals surface area contributed by atoms with Gasteiger partial charge in [-0.2, -0.15) is 0 Å². The lowest BCUT2D eigenvalue weighted by Gasteiger charge is -2.27. The highest BCUT2D eigenvalue weighted by molar-refractivity contribution is 6.09. The maximum Gasteiger partial charge on any atom is 0.137 e. The maximum atomic E-state index is 8.11. The van der Waals surface area contributed by atoms with Gasteiger partial charge in [-0.3, -0.25) is 4.57 Å². The highest BCUT2D eigenvalue weighted by Crippen LogP contribution is 2.51. The zero-order valence-electron chi connectivity index (χ0n) is 49.2. The van der Waals surface area contributed by atoms with Crippen molar-refractivity contribution in [3.05, 3.63) is 241 Å². The fourth-order valence-electron chi connectivity index (χ4n) is 11.3. The highest BCUT2D eigenvalue weighted by atomic mass is 16.5. The molecule has 9 aromatic carbocycles. The Labute approximate surface area is 465 Å². The molecule has 0 unspecified atom stereocenters. The first-order valence-electron chi connectivity index (χ1n) is 28.7. The smallest absolute Gasteiger partial charge is 0.137 e. The van der Waals surface area contributed by atoms with E-state index >= 15 is 0 Å². The number of aromatic nitrogens is 2. The number of aryl methyl sites for hydroxylation is 1.